The van der Waals surface area contributed by atoms with Gasteiger partial charge in [-0.15, -0.1) is 0 Å². The molecule has 0 spiro atoms. The Morgan fingerprint density at radius 3 is 2.41 bits per heavy atom. The number of rotatable bonds is 11. The highest BCUT2D eigenvalue weighted by atomic mass is 32.2. The van der Waals surface area contributed by atoms with Crippen LogP contribution in [-0.4, -0.2) is 47.2 Å². The molecule has 0 aliphatic carbocycles. The first-order valence-corrected chi connectivity index (χ1v) is 11.7. The minimum atomic E-state index is -4.00. The van der Waals surface area contributed by atoms with Gasteiger partial charge in [-0.05, 0) is 42.5 Å². The number of benzene rings is 3. The number of carbonyl (C=O) groups excluding carboxylic acids is 2. The van der Waals surface area contributed by atoms with Crippen LogP contribution in [0.4, 0.5) is 5.69 Å². The van der Waals surface area contributed by atoms with Crippen LogP contribution < -0.4 is 19.5 Å². The Morgan fingerprint density at radius 2 is 1.65 bits per heavy atom. The van der Waals surface area contributed by atoms with E-state index >= 15 is 0 Å². The molecule has 3 aromatic carbocycles. The lowest BCUT2D eigenvalue weighted by molar-refractivity contribution is -0.124. The molecule has 0 aliphatic rings. The van der Waals surface area contributed by atoms with Gasteiger partial charge in [0.05, 0.1) is 29.8 Å². The molecule has 9 nitrogen and oxygen atoms in total. The second-order valence-corrected chi connectivity index (χ2v) is 8.60. The summed E-state index contributed by atoms with van der Waals surface area (Å²) in [5.41, 5.74) is 0.244. The van der Waals surface area contributed by atoms with E-state index in [1.807, 2.05) is 18.2 Å². The molecule has 0 bridgehead atoms. The average molecular weight is 485 g/mol. The zero-order valence-corrected chi connectivity index (χ0v) is 19.2. The number of esters is 1. The molecule has 0 saturated heterocycles. The number of hydrogen-bond donors (Lipinski definition) is 2. The maximum Gasteiger partial charge on any atom is 0.338 e. The van der Waals surface area contributed by atoms with E-state index in [2.05, 4.69) is 10.0 Å². The van der Waals surface area contributed by atoms with Gasteiger partial charge in [0.15, 0.2) is 6.61 Å². The van der Waals surface area contributed by atoms with Gasteiger partial charge in [0.25, 0.3) is 15.9 Å². The Morgan fingerprint density at radius 1 is 0.912 bits per heavy atom. The highest BCUT2D eigenvalue weighted by Crippen LogP contribution is 2.26. The van der Waals surface area contributed by atoms with Crippen molar-refractivity contribution < 1.29 is 32.2 Å². The number of ether oxygens (including phenoxy) is 3. The molecule has 0 unspecified atom stereocenters. The standard InChI is InChI=1S/C24H24N2O7S/c1-31-22-13-6-5-12-21(22)26-34(29,30)20-11-7-8-18(16-20)24(28)33-17-23(27)25-14-15-32-19-9-3-2-4-10-19/h2-13,16,26H,14-15,17H2,1H3,(H,25,27). The Balaban J connectivity index is 1.52. The minimum Gasteiger partial charge on any atom is -0.495 e. The lowest BCUT2D eigenvalue weighted by Crippen LogP contribution is -2.32. The number of anilines is 1. The van der Waals surface area contributed by atoms with Crippen LogP contribution in [0.1, 0.15) is 10.4 Å². The van der Waals surface area contributed by atoms with Gasteiger partial charge in [-0.25, -0.2) is 13.2 Å². The summed E-state index contributed by atoms with van der Waals surface area (Å²) in [7, 11) is -2.58. The maximum atomic E-state index is 12.8. The number of carbonyl (C=O) groups is 2. The molecule has 1 amide bonds. The van der Waals surface area contributed by atoms with E-state index in [-0.39, 0.29) is 29.3 Å². The number of amides is 1. The van der Waals surface area contributed by atoms with Gasteiger partial charge in [0.2, 0.25) is 0 Å². The summed E-state index contributed by atoms with van der Waals surface area (Å²) in [6, 6.07) is 21.0. The normalized spacial score (nSPS) is 10.7. The number of sulfonamides is 1. The third-order valence-electron chi connectivity index (χ3n) is 4.50. The summed E-state index contributed by atoms with van der Waals surface area (Å²) in [4.78, 5) is 24.1. The molecule has 0 atom stereocenters. The number of hydrogen-bond acceptors (Lipinski definition) is 7. The first kappa shape index (κ1) is 24.6. The summed E-state index contributed by atoms with van der Waals surface area (Å²) in [5, 5.41) is 2.57. The predicted molar refractivity (Wildman–Crippen MR) is 125 cm³/mol. The molecule has 3 rings (SSSR count). The molecule has 0 radical (unpaired) electrons. The summed E-state index contributed by atoms with van der Waals surface area (Å²) >= 11 is 0. The van der Waals surface area contributed by atoms with E-state index < -0.39 is 28.5 Å². The molecule has 0 heterocycles. The maximum absolute atomic E-state index is 12.8. The van der Waals surface area contributed by atoms with Crippen LogP contribution in [0.3, 0.4) is 0 Å². The van der Waals surface area contributed by atoms with E-state index in [4.69, 9.17) is 14.2 Å². The van der Waals surface area contributed by atoms with Crippen LogP contribution in [-0.2, 0) is 19.6 Å². The van der Waals surface area contributed by atoms with Crippen LogP contribution in [0, 0.1) is 0 Å². The van der Waals surface area contributed by atoms with Crippen molar-refractivity contribution in [3.63, 3.8) is 0 Å². The van der Waals surface area contributed by atoms with Crippen molar-refractivity contribution in [2.45, 2.75) is 4.90 Å². The Labute approximate surface area is 197 Å². The van der Waals surface area contributed by atoms with Gasteiger partial charge >= 0.3 is 5.97 Å². The zero-order chi connectivity index (χ0) is 24.4. The van der Waals surface area contributed by atoms with E-state index in [1.165, 1.54) is 31.4 Å². The Bertz CT molecular complexity index is 1230. The molecule has 34 heavy (non-hydrogen) atoms. The van der Waals surface area contributed by atoms with E-state index in [1.54, 1.807) is 36.4 Å². The van der Waals surface area contributed by atoms with Crippen molar-refractivity contribution in [3.8, 4) is 11.5 Å². The molecule has 10 heteroatoms. The van der Waals surface area contributed by atoms with Gasteiger partial charge in [-0.1, -0.05) is 36.4 Å². The summed E-state index contributed by atoms with van der Waals surface area (Å²) < 4.78 is 43.6. The molecule has 3 aromatic rings. The average Bonchev–Trinajstić information content (AvgIpc) is 2.86. The fourth-order valence-electron chi connectivity index (χ4n) is 2.86. The first-order chi connectivity index (χ1) is 16.4. The first-order valence-electron chi connectivity index (χ1n) is 10.3. The van der Waals surface area contributed by atoms with Crippen LogP contribution in [0.5, 0.6) is 11.5 Å². The van der Waals surface area contributed by atoms with E-state index in [0.717, 1.165) is 0 Å². The lowest BCUT2D eigenvalue weighted by atomic mass is 10.2. The van der Waals surface area contributed by atoms with Crippen molar-refractivity contribution >= 4 is 27.6 Å². The van der Waals surface area contributed by atoms with Gasteiger partial charge in [0.1, 0.15) is 18.1 Å². The smallest absolute Gasteiger partial charge is 0.338 e. The molecule has 0 aromatic heterocycles. The van der Waals surface area contributed by atoms with Crippen LogP contribution in [0.25, 0.3) is 0 Å². The Hall–Kier alpha value is -4.05. The second kappa shape index (κ2) is 11.7. The predicted octanol–water partition coefficient (Wildman–Crippen LogP) is 2.85. The molecule has 0 fully saturated rings. The van der Waals surface area contributed by atoms with Gasteiger partial charge in [0, 0.05) is 0 Å². The molecular weight excluding hydrogens is 460 g/mol. The molecule has 0 saturated carbocycles. The van der Waals surface area contributed by atoms with Crippen molar-refractivity contribution in [2.24, 2.45) is 0 Å². The second-order valence-electron chi connectivity index (χ2n) is 6.92. The van der Waals surface area contributed by atoms with Gasteiger partial charge in [-0.2, -0.15) is 0 Å². The summed E-state index contributed by atoms with van der Waals surface area (Å²) in [5.74, 6) is -0.309. The molecular formula is C24H24N2O7S. The fourth-order valence-corrected chi connectivity index (χ4v) is 3.98. The molecule has 0 aliphatic heterocycles. The minimum absolute atomic E-state index is 0.0110. The summed E-state index contributed by atoms with van der Waals surface area (Å²) in [6.07, 6.45) is 0. The summed E-state index contributed by atoms with van der Waals surface area (Å²) in [6.45, 7) is -0.0307. The van der Waals surface area contributed by atoms with Crippen molar-refractivity contribution in [1.82, 2.24) is 5.32 Å². The van der Waals surface area contributed by atoms with Crippen molar-refractivity contribution in [3.05, 3.63) is 84.4 Å². The third-order valence-corrected chi connectivity index (χ3v) is 5.87. The van der Waals surface area contributed by atoms with E-state index in [9.17, 15) is 18.0 Å². The topological polar surface area (TPSA) is 120 Å². The van der Waals surface area contributed by atoms with E-state index in [0.29, 0.717) is 11.5 Å². The zero-order valence-electron chi connectivity index (χ0n) is 18.4. The van der Waals surface area contributed by atoms with Crippen molar-refractivity contribution in [1.29, 1.82) is 0 Å². The highest BCUT2D eigenvalue weighted by molar-refractivity contribution is 7.92. The van der Waals surface area contributed by atoms with Crippen LogP contribution >= 0.6 is 0 Å². The lowest BCUT2D eigenvalue weighted by Gasteiger charge is -2.12. The van der Waals surface area contributed by atoms with Gasteiger partial charge < -0.3 is 19.5 Å². The fraction of sp³-hybridized carbons (Fsp3) is 0.167. The molecule has 2 N–H and O–H groups in total. The van der Waals surface area contributed by atoms with Gasteiger partial charge in [-0.3, -0.25) is 9.52 Å². The quantitative estimate of drug-likeness (QED) is 0.317. The SMILES string of the molecule is COc1ccccc1NS(=O)(=O)c1cccc(C(=O)OCC(=O)NCCOc2ccccc2)c1. The Kier molecular flexibility index (Phi) is 8.47. The van der Waals surface area contributed by atoms with Crippen LogP contribution in [0.15, 0.2) is 83.8 Å². The number of para-hydroxylation sites is 3. The third kappa shape index (κ3) is 6.97. The number of methoxy groups -OCH3 is 1. The van der Waals surface area contributed by atoms with Crippen molar-refractivity contribution in [2.75, 3.05) is 31.6 Å². The largest absolute Gasteiger partial charge is 0.495 e. The molecule has 178 valence electrons. The van der Waals surface area contributed by atoms with Crippen LogP contribution in [0.2, 0.25) is 0 Å². The highest BCUT2D eigenvalue weighted by Gasteiger charge is 2.19. The number of nitrogens with one attached hydrogen (secondary N) is 2. The monoisotopic (exact) mass is 484 g/mol.